The highest BCUT2D eigenvalue weighted by atomic mass is 32.2. The second-order valence-electron chi connectivity index (χ2n) is 7.52. The summed E-state index contributed by atoms with van der Waals surface area (Å²) in [6.45, 7) is 7.50. The molecule has 144 valence electrons. The molecule has 0 N–H and O–H groups in total. The summed E-state index contributed by atoms with van der Waals surface area (Å²) >= 11 is 1.53. The first-order chi connectivity index (χ1) is 13.0. The Bertz CT molecular complexity index is 860. The second kappa shape index (κ2) is 7.58. The van der Waals surface area contributed by atoms with E-state index in [1.54, 1.807) is 0 Å². The van der Waals surface area contributed by atoms with Crippen molar-refractivity contribution in [1.82, 2.24) is 9.88 Å². The van der Waals surface area contributed by atoms with E-state index in [4.69, 9.17) is 14.5 Å². The van der Waals surface area contributed by atoms with Crippen molar-refractivity contribution in [2.75, 3.05) is 19.0 Å². The predicted molar refractivity (Wildman–Crippen MR) is 108 cm³/mol. The Hall–Kier alpha value is -1.95. The third-order valence-electron chi connectivity index (χ3n) is 5.44. The standard InChI is InChI=1S/C21H26N2O3S/c1-13-9-16-10-18-19(26-8-7-25-18)11-17(16)22-21(13)27-12-20(24)23-14(2)5-4-6-15(23)3/h9-11,14-15H,4-8,12H2,1-3H3/t14-,15-/m0/s1. The Labute approximate surface area is 164 Å². The minimum Gasteiger partial charge on any atom is -0.486 e. The molecule has 3 heterocycles. The Morgan fingerprint density at radius 2 is 1.81 bits per heavy atom. The van der Waals surface area contributed by atoms with Gasteiger partial charge in [0.15, 0.2) is 11.5 Å². The number of hydrogen-bond acceptors (Lipinski definition) is 5. The van der Waals surface area contributed by atoms with Crippen LogP contribution in [0.1, 0.15) is 38.7 Å². The summed E-state index contributed by atoms with van der Waals surface area (Å²) in [5, 5.41) is 1.94. The number of carbonyl (C=O) groups excluding carboxylic acids is 1. The Kier molecular flexibility index (Phi) is 5.17. The van der Waals surface area contributed by atoms with Gasteiger partial charge in [-0.3, -0.25) is 4.79 Å². The van der Waals surface area contributed by atoms with Crippen LogP contribution in [0.3, 0.4) is 0 Å². The van der Waals surface area contributed by atoms with E-state index in [2.05, 4.69) is 24.8 Å². The zero-order valence-corrected chi connectivity index (χ0v) is 17.0. The molecule has 0 spiro atoms. The van der Waals surface area contributed by atoms with E-state index < -0.39 is 0 Å². The summed E-state index contributed by atoms with van der Waals surface area (Å²) in [4.78, 5) is 19.7. The molecule has 0 unspecified atom stereocenters. The van der Waals surface area contributed by atoms with E-state index in [9.17, 15) is 4.79 Å². The Morgan fingerprint density at radius 3 is 2.52 bits per heavy atom. The van der Waals surface area contributed by atoms with Crippen molar-refractivity contribution in [3.05, 3.63) is 23.8 Å². The molecule has 1 amide bonds. The number of amides is 1. The molecule has 1 saturated heterocycles. The van der Waals surface area contributed by atoms with Crippen molar-refractivity contribution in [2.24, 2.45) is 0 Å². The Morgan fingerprint density at radius 1 is 1.15 bits per heavy atom. The van der Waals surface area contributed by atoms with Gasteiger partial charge < -0.3 is 14.4 Å². The van der Waals surface area contributed by atoms with E-state index in [1.807, 2.05) is 19.1 Å². The summed E-state index contributed by atoms with van der Waals surface area (Å²) in [5.74, 6) is 2.16. The summed E-state index contributed by atoms with van der Waals surface area (Å²) in [5.41, 5.74) is 1.95. The predicted octanol–water partition coefficient (Wildman–Crippen LogP) is 4.20. The molecule has 4 rings (SSSR count). The van der Waals surface area contributed by atoms with E-state index in [1.165, 1.54) is 18.2 Å². The summed E-state index contributed by atoms with van der Waals surface area (Å²) in [6.07, 6.45) is 3.41. The molecular formula is C21H26N2O3S. The van der Waals surface area contributed by atoms with Gasteiger partial charge in [-0.05, 0) is 57.7 Å². The van der Waals surface area contributed by atoms with E-state index in [0.717, 1.165) is 45.8 Å². The SMILES string of the molecule is Cc1cc2cc3c(cc2nc1SCC(=O)N1[C@@H](C)CCC[C@@H]1C)OCCO3. The minimum absolute atomic E-state index is 0.211. The lowest BCUT2D eigenvalue weighted by Crippen LogP contribution is -2.48. The van der Waals surface area contributed by atoms with Gasteiger partial charge in [0.25, 0.3) is 0 Å². The highest BCUT2D eigenvalue weighted by molar-refractivity contribution is 7.99. The number of ether oxygens (including phenoxy) is 2. The normalized spacial score (nSPS) is 22.1. The first-order valence-electron chi connectivity index (χ1n) is 9.68. The molecule has 1 aromatic heterocycles. The number of hydrogen-bond donors (Lipinski definition) is 0. The summed E-state index contributed by atoms with van der Waals surface area (Å²) < 4.78 is 11.3. The van der Waals surface area contributed by atoms with Crippen LogP contribution in [0.2, 0.25) is 0 Å². The molecule has 0 radical (unpaired) electrons. The molecular weight excluding hydrogens is 360 g/mol. The minimum atomic E-state index is 0.211. The lowest BCUT2D eigenvalue weighted by atomic mass is 9.98. The number of rotatable bonds is 3. The third-order valence-corrected chi connectivity index (χ3v) is 6.51. The molecule has 1 fully saturated rings. The van der Waals surface area contributed by atoms with Crippen LogP contribution < -0.4 is 9.47 Å². The number of aryl methyl sites for hydroxylation is 1. The fourth-order valence-electron chi connectivity index (χ4n) is 4.06. The van der Waals surface area contributed by atoms with Gasteiger partial charge in [-0.2, -0.15) is 0 Å². The molecule has 2 aliphatic heterocycles. The molecule has 2 aromatic rings. The quantitative estimate of drug-likeness (QED) is 0.740. The van der Waals surface area contributed by atoms with Crippen molar-refractivity contribution < 1.29 is 14.3 Å². The van der Waals surface area contributed by atoms with Crippen molar-refractivity contribution >= 4 is 28.6 Å². The van der Waals surface area contributed by atoms with Crippen LogP contribution in [0, 0.1) is 6.92 Å². The van der Waals surface area contributed by atoms with Gasteiger partial charge in [-0.25, -0.2) is 4.98 Å². The van der Waals surface area contributed by atoms with Crippen molar-refractivity contribution in [1.29, 1.82) is 0 Å². The molecule has 5 nitrogen and oxygen atoms in total. The van der Waals surface area contributed by atoms with E-state index >= 15 is 0 Å². The third kappa shape index (κ3) is 3.72. The fourth-order valence-corrected chi connectivity index (χ4v) is 4.92. The molecule has 0 aliphatic carbocycles. The molecule has 1 aromatic carbocycles. The van der Waals surface area contributed by atoms with E-state index in [0.29, 0.717) is 31.1 Å². The van der Waals surface area contributed by atoms with Gasteiger partial charge >= 0.3 is 0 Å². The molecule has 2 atom stereocenters. The fraction of sp³-hybridized carbons (Fsp3) is 0.524. The second-order valence-corrected chi connectivity index (χ2v) is 8.48. The van der Waals surface area contributed by atoms with Gasteiger partial charge in [-0.15, -0.1) is 0 Å². The van der Waals surface area contributed by atoms with Crippen molar-refractivity contribution in [2.45, 2.75) is 57.1 Å². The van der Waals surface area contributed by atoms with Gasteiger partial charge in [-0.1, -0.05) is 11.8 Å². The Balaban J connectivity index is 1.53. The number of piperidine rings is 1. The number of benzene rings is 1. The maximum atomic E-state index is 12.8. The monoisotopic (exact) mass is 386 g/mol. The lowest BCUT2D eigenvalue weighted by molar-refractivity contribution is -0.134. The van der Waals surface area contributed by atoms with Crippen LogP contribution in [-0.4, -0.2) is 46.8 Å². The number of aromatic nitrogens is 1. The number of fused-ring (bicyclic) bond motifs is 2. The zero-order chi connectivity index (χ0) is 19.0. The highest BCUT2D eigenvalue weighted by Gasteiger charge is 2.28. The first-order valence-corrected chi connectivity index (χ1v) is 10.7. The maximum absolute atomic E-state index is 12.8. The lowest BCUT2D eigenvalue weighted by Gasteiger charge is -2.39. The van der Waals surface area contributed by atoms with Crippen LogP contribution in [0.15, 0.2) is 23.2 Å². The molecule has 27 heavy (non-hydrogen) atoms. The van der Waals surface area contributed by atoms with Crippen LogP contribution in [-0.2, 0) is 4.79 Å². The van der Waals surface area contributed by atoms with Crippen molar-refractivity contribution in [3.63, 3.8) is 0 Å². The summed E-state index contributed by atoms with van der Waals surface area (Å²) in [7, 11) is 0. The smallest absolute Gasteiger partial charge is 0.233 e. The van der Waals surface area contributed by atoms with E-state index in [-0.39, 0.29) is 5.91 Å². The zero-order valence-electron chi connectivity index (χ0n) is 16.2. The van der Waals surface area contributed by atoms with Crippen molar-refractivity contribution in [3.8, 4) is 11.5 Å². The van der Waals surface area contributed by atoms with Gasteiger partial charge in [0.2, 0.25) is 5.91 Å². The molecule has 0 saturated carbocycles. The van der Waals surface area contributed by atoms with Gasteiger partial charge in [0.05, 0.1) is 11.3 Å². The first kappa shape index (κ1) is 18.4. The maximum Gasteiger partial charge on any atom is 0.233 e. The average molecular weight is 387 g/mol. The van der Waals surface area contributed by atoms with Crippen LogP contribution in [0.4, 0.5) is 0 Å². The molecule has 2 aliphatic rings. The number of carbonyl (C=O) groups is 1. The largest absolute Gasteiger partial charge is 0.486 e. The highest BCUT2D eigenvalue weighted by Crippen LogP contribution is 2.36. The van der Waals surface area contributed by atoms with Gasteiger partial charge in [0, 0.05) is 23.5 Å². The van der Waals surface area contributed by atoms with Gasteiger partial charge in [0.1, 0.15) is 18.2 Å². The number of likely N-dealkylation sites (tertiary alicyclic amines) is 1. The average Bonchev–Trinajstić information content (AvgIpc) is 2.64. The number of pyridine rings is 1. The molecule has 0 bridgehead atoms. The molecule has 6 heteroatoms. The number of thioether (sulfide) groups is 1. The van der Waals surface area contributed by atoms with Crippen LogP contribution >= 0.6 is 11.8 Å². The number of nitrogens with zero attached hydrogens (tertiary/aromatic N) is 2. The van der Waals surface area contributed by atoms with Crippen LogP contribution in [0.5, 0.6) is 11.5 Å². The summed E-state index contributed by atoms with van der Waals surface area (Å²) in [6, 6.07) is 6.69. The topological polar surface area (TPSA) is 51.7 Å². The van der Waals surface area contributed by atoms with Crippen LogP contribution in [0.25, 0.3) is 10.9 Å².